The highest BCUT2D eigenvalue weighted by molar-refractivity contribution is 7.99. The summed E-state index contributed by atoms with van der Waals surface area (Å²) < 4.78 is 1.74. The number of para-hydroxylation sites is 1. The van der Waals surface area contributed by atoms with Crippen LogP contribution in [0.3, 0.4) is 0 Å². The van der Waals surface area contributed by atoms with Gasteiger partial charge in [-0.2, -0.15) is 0 Å². The second kappa shape index (κ2) is 8.58. The zero-order valence-corrected chi connectivity index (χ0v) is 20.6. The zero-order valence-electron chi connectivity index (χ0n) is 18.9. The van der Waals surface area contributed by atoms with E-state index in [1.54, 1.807) is 15.9 Å². The maximum atomic E-state index is 13.9. The van der Waals surface area contributed by atoms with Crippen molar-refractivity contribution in [2.24, 2.45) is 11.8 Å². The quantitative estimate of drug-likeness (QED) is 0.412. The number of nitrogens with one attached hydrogen (secondary N) is 1. The van der Waals surface area contributed by atoms with Gasteiger partial charge in [0, 0.05) is 10.9 Å². The van der Waals surface area contributed by atoms with Gasteiger partial charge in [0.1, 0.15) is 4.83 Å². The number of thiophene rings is 1. The highest BCUT2D eigenvalue weighted by Gasteiger charge is 2.40. The summed E-state index contributed by atoms with van der Waals surface area (Å²) in [5, 5.41) is 4.67. The summed E-state index contributed by atoms with van der Waals surface area (Å²) in [5.41, 5.74) is 3.08. The predicted octanol–water partition coefficient (Wildman–Crippen LogP) is 5.03. The lowest BCUT2D eigenvalue weighted by atomic mass is 9.95. The lowest BCUT2D eigenvalue weighted by Gasteiger charge is -2.22. The molecule has 2 aromatic heterocycles. The Kier molecular flexibility index (Phi) is 5.57. The second-order valence-electron chi connectivity index (χ2n) is 9.85. The van der Waals surface area contributed by atoms with Gasteiger partial charge in [-0.3, -0.25) is 14.2 Å². The molecule has 3 aliphatic carbocycles. The van der Waals surface area contributed by atoms with Crippen LogP contribution in [0.15, 0.2) is 34.2 Å². The number of aromatic nitrogens is 2. The van der Waals surface area contributed by atoms with E-state index in [1.807, 2.05) is 31.2 Å². The Morgan fingerprint density at radius 3 is 2.85 bits per heavy atom. The van der Waals surface area contributed by atoms with Gasteiger partial charge in [-0.15, -0.1) is 11.3 Å². The second-order valence-corrected chi connectivity index (χ2v) is 11.9. The normalized spacial score (nSPS) is 23.7. The van der Waals surface area contributed by atoms with Gasteiger partial charge in [0.15, 0.2) is 5.16 Å². The number of nitrogens with zero attached hydrogens (tertiary/aromatic N) is 2. The van der Waals surface area contributed by atoms with E-state index in [9.17, 15) is 9.59 Å². The molecule has 1 N–H and O–H groups in total. The summed E-state index contributed by atoms with van der Waals surface area (Å²) in [5.74, 6) is 1.78. The molecular weight excluding hydrogens is 450 g/mol. The van der Waals surface area contributed by atoms with Crippen LogP contribution < -0.4 is 10.9 Å². The summed E-state index contributed by atoms with van der Waals surface area (Å²) in [7, 11) is 0. The van der Waals surface area contributed by atoms with Gasteiger partial charge >= 0.3 is 0 Å². The SMILES string of the molecule is Cc1ccccc1-n1c(SCC(=O)NC2CC3CCC2C3)nc2sc3c(c2c1=O)CCCC3. The number of carbonyl (C=O) groups excluding carboxylic acids is 1. The van der Waals surface area contributed by atoms with Crippen molar-refractivity contribution in [2.45, 2.75) is 69.5 Å². The fraction of sp³-hybridized carbons (Fsp3) is 0.500. The molecule has 3 aromatic rings. The van der Waals surface area contributed by atoms with Crippen molar-refractivity contribution in [1.82, 2.24) is 14.9 Å². The smallest absolute Gasteiger partial charge is 0.267 e. The van der Waals surface area contributed by atoms with E-state index in [0.29, 0.717) is 17.1 Å². The lowest BCUT2D eigenvalue weighted by Crippen LogP contribution is -2.39. The Morgan fingerprint density at radius 2 is 2.06 bits per heavy atom. The van der Waals surface area contributed by atoms with E-state index in [2.05, 4.69) is 5.32 Å². The number of rotatable bonds is 5. The number of aryl methyl sites for hydroxylation is 3. The number of hydrogen-bond donors (Lipinski definition) is 1. The summed E-state index contributed by atoms with van der Waals surface area (Å²) >= 11 is 3.05. The van der Waals surface area contributed by atoms with Crippen molar-refractivity contribution in [3.8, 4) is 5.69 Å². The van der Waals surface area contributed by atoms with Gasteiger partial charge in [-0.05, 0) is 80.9 Å². The van der Waals surface area contributed by atoms with E-state index in [4.69, 9.17) is 4.98 Å². The van der Waals surface area contributed by atoms with E-state index >= 15 is 0 Å². The highest BCUT2D eigenvalue weighted by atomic mass is 32.2. The van der Waals surface area contributed by atoms with Crippen molar-refractivity contribution in [2.75, 3.05) is 5.75 Å². The molecule has 0 spiro atoms. The Morgan fingerprint density at radius 1 is 1.21 bits per heavy atom. The van der Waals surface area contributed by atoms with Crippen LogP contribution in [-0.2, 0) is 17.6 Å². The predicted molar refractivity (Wildman–Crippen MR) is 135 cm³/mol. The van der Waals surface area contributed by atoms with Crippen LogP contribution >= 0.6 is 23.1 Å². The molecule has 2 heterocycles. The molecule has 1 aromatic carbocycles. The number of benzene rings is 1. The van der Waals surface area contributed by atoms with Gasteiger partial charge in [0.05, 0.1) is 16.8 Å². The summed E-state index contributed by atoms with van der Waals surface area (Å²) in [6.07, 6.45) is 9.26. The highest BCUT2D eigenvalue weighted by Crippen LogP contribution is 2.44. The zero-order chi connectivity index (χ0) is 22.5. The first-order chi connectivity index (χ1) is 16.1. The van der Waals surface area contributed by atoms with Crippen LogP contribution in [0.1, 0.15) is 54.5 Å². The fourth-order valence-corrected chi connectivity index (χ4v) is 8.23. The molecule has 3 unspecified atom stereocenters. The largest absolute Gasteiger partial charge is 0.352 e. The minimum absolute atomic E-state index is 0.00436. The first kappa shape index (κ1) is 21.4. The molecule has 0 aliphatic heterocycles. The minimum Gasteiger partial charge on any atom is -0.352 e. The molecule has 33 heavy (non-hydrogen) atoms. The van der Waals surface area contributed by atoms with Crippen molar-refractivity contribution < 1.29 is 4.79 Å². The van der Waals surface area contributed by atoms with Crippen molar-refractivity contribution in [3.63, 3.8) is 0 Å². The van der Waals surface area contributed by atoms with E-state index in [1.165, 1.54) is 47.9 Å². The Labute approximate surface area is 202 Å². The maximum Gasteiger partial charge on any atom is 0.267 e. The number of carbonyl (C=O) groups is 1. The molecule has 5 nitrogen and oxygen atoms in total. The van der Waals surface area contributed by atoms with Gasteiger partial charge in [0.25, 0.3) is 5.56 Å². The topological polar surface area (TPSA) is 64.0 Å². The number of thioether (sulfide) groups is 1. The molecule has 0 saturated heterocycles. The monoisotopic (exact) mass is 479 g/mol. The van der Waals surface area contributed by atoms with E-state index < -0.39 is 0 Å². The third kappa shape index (κ3) is 3.83. The molecular formula is C26H29N3O2S2. The van der Waals surface area contributed by atoms with Crippen LogP contribution in [0.25, 0.3) is 15.9 Å². The third-order valence-corrected chi connectivity index (χ3v) is 9.86. The van der Waals surface area contributed by atoms with E-state index in [0.717, 1.165) is 53.1 Å². The molecule has 2 saturated carbocycles. The van der Waals surface area contributed by atoms with Gasteiger partial charge in [-0.25, -0.2) is 4.98 Å². The molecule has 3 aliphatic rings. The molecule has 1 amide bonds. The van der Waals surface area contributed by atoms with Crippen molar-refractivity contribution in [3.05, 3.63) is 50.6 Å². The van der Waals surface area contributed by atoms with Gasteiger partial charge < -0.3 is 5.32 Å². The van der Waals surface area contributed by atoms with Crippen molar-refractivity contribution >= 4 is 39.2 Å². The first-order valence-corrected chi connectivity index (χ1v) is 13.9. The average molecular weight is 480 g/mol. The maximum absolute atomic E-state index is 13.9. The van der Waals surface area contributed by atoms with Crippen LogP contribution in [0, 0.1) is 18.8 Å². The number of hydrogen-bond acceptors (Lipinski definition) is 5. The van der Waals surface area contributed by atoms with Crippen LogP contribution in [0.4, 0.5) is 0 Å². The molecule has 6 rings (SSSR count). The molecule has 2 fully saturated rings. The third-order valence-electron chi connectivity index (χ3n) is 7.73. The van der Waals surface area contributed by atoms with Crippen molar-refractivity contribution in [1.29, 1.82) is 0 Å². The average Bonchev–Trinajstić information content (AvgIpc) is 3.52. The van der Waals surface area contributed by atoms with Gasteiger partial charge in [0.2, 0.25) is 5.91 Å². The molecule has 7 heteroatoms. The first-order valence-electron chi connectivity index (χ1n) is 12.1. The summed E-state index contributed by atoms with van der Waals surface area (Å²) in [4.78, 5) is 33.8. The van der Waals surface area contributed by atoms with Crippen LogP contribution in [0.5, 0.6) is 0 Å². The van der Waals surface area contributed by atoms with E-state index in [-0.39, 0.29) is 17.2 Å². The number of fused-ring (bicyclic) bond motifs is 5. The minimum atomic E-state index is 0.00436. The standard InChI is InChI=1S/C26H29N3O2S2/c1-15-6-2-4-8-20(15)29-25(31)23-18-7-3-5-9-21(18)33-24(23)28-26(29)32-14-22(30)27-19-13-16-10-11-17(19)12-16/h2,4,6,8,16-17,19H,3,5,7,9-14H2,1H3,(H,27,30). The Bertz CT molecular complexity index is 1290. The Balaban J connectivity index is 1.35. The van der Waals surface area contributed by atoms with Crippen LogP contribution in [0.2, 0.25) is 0 Å². The molecule has 0 radical (unpaired) electrons. The molecule has 2 bridgehead atoms. The van der Waals surface area contributed by atoms with Crippen LogP contribution in [-0.4, -0.2) is 27.3 Å². The lowest BCUT2D eigenvalue weighted by molar-refractivity contribution is -0.119. The molecule has 3 atom stereocenters. The van der Waals surface area contributed by atoms with Gasteiger partial charge in [-0.1, -0.05) is 36.4 Å². The fourth-order valence-electron chi connectivity index (χ4n) is 6.11. The number of amides is 1. The summed E-state index contributed by atoms with van der Waals surface area (Å²) in [6, 6.07) is 8.26. The Hall–Kier alpha value is -2.12. The molecule has 172 valence electrons. The summed E-state index contributed by atoms with van der Waals surface area (Å²) in [6.45, 7) is 2.02.